The number of nitrogens with one attached hydrogen (secondary N) is 1. The highest BCUT2D eigenvalue weighted by atomic mass is 35.5. The number of amides is 1. The summed E-state index contributed by atoms with van der Waals surface area (Å²) in [4.78, 5) is 14.3. The van der Waals surface area contributed by atoms with Crippen molar-refractivity contribution in [2.24, 2.45) is 0 Å². The molecule has 0 bridgehead atoms. The SMILES string of the molecule is O=C(CCc1ccc(-c2ccc(Cl)cc2)cc1)Nc1ccc(CN2CCC(O)(C(F)(F)F)CC2)cc1. The zero-order valence-corrected chi connectivity index (χ0v) is 20.4. The van der Waals surface area contributed by atoms with Crippen molar-refractivity contribution < 1.29 is 23.1 Å². The van der Waals surface area contributed by atoms with Crippen LogP contribution in [0.15, 0.2) is 72.8 Å². The maximum atomic E-state index is 13.0. The fourth-order valence-corrected chi connectivity index (χ4v) is 4.43. The molecule has 4 nitrogen and oxygen atoms in total. The molecule has 3 aromatic carbocycles. The molecule has 8 heteroatoms. The lowest BCUT2D eigenvalue weighted by Gasteiger charge is -2.39. The third kappa shape index (κ3) is 6.66. The molecule has 1 amide bonds. The van der Waals surface area contributed by atoms with Crippen LogP contribution in [0, 0.1) is 0 Å². The lowest BCUT2D eigenvalue weighted by molar-refractivity contribution is -0.272. The van der Waals surface area contributed by atoms with Crippen LogP contribution in [-0.2, 0) is 17.8 Å². The maximum absolute atomic E-state index is 13.0. The Hall–Kier alpha value is -2.87. The topological polar surface area (TPSA) is 52.6 Å². The van der Waals surface area contributed by atoms with Crippen molar-refractivity contribution >= 4 is 23.2 Å². The molecule has 0 aromatic heterocycles. The number of aryl methyl sites for hydroxylation is 1. The van der Waals surface area contributed by atoms with E-state index >= 15 is 0 Å². The van der Waals surface area contributed by atoms with E-state index in [1.807, 2.05) is 65.6 Å². The molecular weight excluding hydrogens is 489 g/mol. The van der Waals surface area contributed by atoms with Crippen LogP contribution in [0.4, 0.5) is 18.9 Å². The number of carbonyl (C=O) groups excluding carboxylic acids is 1. The van der Waals surface area contributed by atoms with E-state index in [-0.39, 0.29) is 31.8 Å². The number of anilines is 1. The van der Waals surface area contributed by atoms with Crippen molar-refractivity contribution in [3.05, 3.63) is 88.9 Å². The lowest BCUT2D eigenvalue weighted by atomic mass is 9.90. The third-order valence-electron chi connectivity index (χ3n) is 6.63. The van der Waals surface area contributed by atoms with Crippen molar-refractivity contribution in [3.63, 3.8) is 0 Å². The fourth-order valence-electron chi connectivity index (χ4n) is 4.30. The van der Waals surface area contributed by atoms with Gasteiger partial charge in [-0.05, 0) is 65.8 Å². The minimum absolute atomic E-state index is 0.0907. The van der Waals surface area contributed by atoms with Gasteiger partial charge in [0.15, 0.2) is 5.60 Å². The summed E-state index contributed by atoms with van der Waals surface area (Å²) in [5, 5.41) is 13.4. The molecule has 1 fully saturated rings. The van der Waals surface area contributed by atoms with E-state index < -0.39 is 11.8 Å². The van der Waals surface area contributed by atoms with Gasteiger partial charge in [-0.15, -0.1) is 0 Å². The van der Waals surface area contributed by atoms with Crippen LogP contribution in [0.25, 0.3) is 11.1 Å². The number of hydrogen-bond acceptors (Lipinski definition) is 3. The van der Waals surface area contributed by atoms with Gasteiger partial charge in [0.2, 0.25) is 5.91 Å². The van der Waals surface area contributed by atoms with Crippen LogP contribution in [-0.4, -0.2) is 40.8 Å². The van der Waals surface area contributed by atoms with E-state index in [1.165, 1.54) is 0 Å². The van der Waals surface area contributed by atoms with Gasteiger partial charge in [0.05, 0.1) is 0 Å². The Labute approximate surface area is 213 Å². The zero-order chi connectivity index (χ0) is 25.8. The minimum atomic E-state index is -4.60. The summed E-state index contributed by atoms with van der Waals surface area (Å²) in [7, 11) is 0. The first kappa shape index (κ1) is 26.2. The van der Waals surface area contributed by atoms with Gasteiger partial charge in [-0.3, -0.25) is 9.69 Å². The highest BCUT2D eigenvalue weighted by Crippen LogP contribution is 2.38. The number of nitrogens with zero attached hydrogens (tertiary/aromatic N) is 1. The smallest absolute Gasteiger partial charge is 0.380 e. The third-order valence-corrected chi connectivity index (χ3v) is 6.88. The summed E-state index contributed by atoms with van der Waals surface area (Å²) in [5.74, 6) is -0.0907. The van der Waals surface area contributed by atoms with Crippen LogP contribution in [0.1, 0.15) is 30.4 Å². The van der Waals surface area contributed by atoms with E-state index in [0.717, 1.165) is 22.3 Å². The Kier molecular flexibility index (Phi) is 8.03. The van der Waals surface area contributed by atoms with E-state index in [4.69, 9.17) is 11.6 Å². The first-order chi connectivity index (χ1) is 17.1. The predicted octanol–water partition coefficient (Wildman–Crippen LogP) is 6.47. The van der Waals surface area contributed by atoms with Crippen LogP contribution in [0.3, 0.4) is 0 Å². The van der Waals surface area contributed by atoms with E-state index in [2.05, 4.69) is 5.32 Å². The van der Waals surface area contributed by atoms with E-state index in [0.29, 0.717) is 30.1 Å². The summed E-state index contributed by atoms with van der Waals surface area (Å²) in [6, 6.07) is 23.0. The van der Waals surface area contributed by atoms with Crippen molar-refractivity contribution in [2.45, 2.75) is 44.0 Å². The minimum Gasteiger partial charge on any atom is -0.380 e. The molecule has 1 aliphatic rings. The number of halogens is 4. The molecule has 0 saturated carbocycles. The van der Waals surface area contributed by atoms with Crippen LogP contribution >= 0.6 is 11.6 Å². The molecule has 0 radical (unpaired) electrons. The predicted molar refractivity (Wildman–Crippen MR) is 136 cm³/mol. The van der Waals surface area contributed by atoms with Gasteiger partial charge >= 0.3 is 6.18 Å². The number of hydrogen-bond donors (Lipinski definition) is 2. The molecule has 1 saturated heterocycles. The average Bonchev–Trinajstić information content (AvgIpc) is 2.86. The van der Waals surface area contributed by atoms with Crippen molar-refractivity contribution in [2.75, 3.05) is 18.4 Å². The molecule has 1 heterocycles. The maximum Gasteiger partial charge on any atom is 0.417 e. The number of carbonyl (C=O) groups is 1. The Balaban J connectivity index is 1.22. The van der Waals surface area contributed by atoms with Crippen molar-refractivity contribution in [1.82, 2.24) is 4.90 Å². The highest BCUT2D eigenvalue weighted by molar-refractivity contribution is 6.30. The number of alkyl halides is 3. The molecule has 4 rings (SSSR count). The second-order valence-corrected chi connectivity index (χ2v) is 9.69. The Morgan fingerprint density at radius 3 is 1.97 bits per heavy atom. The van der Waals surface area contributed by atoms with Gasteiger partial charge < -0.3 is 10.4 Å². The monoisotopic (exact) mass is 516 g/mol. The van der Waals surface area contributed by atoms with Crippen LogP contribution in [0.2, 0.25) is 5.02 Å². The van der Waals surface area contributed by atoms with Gasteiger partial charge in [-0.2, -0.15) is 13.2 Å². The van der Waals surface area contributed by atoms with E-state index in [9.17, 15) is 23.1 Å². The zero-order valence-electron chi connectivity index (χ0n) is 19.7. The van der Waals surface area contributed by atoms with Gasteiger partial charge in [-0.1, -0.05) is 60.1 Å². The standard InChI is InChI=1S/C28H28ClF3N2O2/c29-24-10-8-23(9-11-24)22-6-1-20(2-7-22)5-14-26(35)33-25-12-3-21(4-13-25)19-34-17-15-27(36,16-18-34)28(30,31)32/h1-4,6-13,36H,5,14-19H2,(H,33,35). The normalized spacial score (nSPS) is 16.0. The molecule has 2 N–H and O–H groups in total. The molecule has 0 atom stereocenters. The summed E-state index contributed by atoms with van der Waals surface area (Å²) < 4.78 is 38.9. The first-order valence-corrected chi connectivity index (χ1v) is 12.2. The first-order valence-electron chi connectivity index (χ1n) is 11.9. The van der Waals surface area contributed by atoms with Gasteiger partial charge in [0.1, 0.15) is 0 Å². The largest absolute Gasteiger partial charge is 0.417 e. The van der Waals surface area contributed by atoms with Gasteiger partial charge in [0.25, 0.3) is 0 Å². The second kappa shape index (κ2) is 11.0. The quantitative estimate of drug-likeness (QED) is 0.378. The number of aliphatic hydroxyl groups is 1. The van der Waals surface area contributed by atoms with Crippen LogP contribution < -0.4 is 5.32 Å². The Bertz CT molecular complexity index is 1160. The van der Waals surface area contributed by atoms with Crippen molar-refractivity contribution in [3.8, 4) is 11.1 Å². The summed E-state index contributed by atoms with van der Waals surface area (Å²) in [6.07, 6.45) is -4.29. The summed E-state index contributed by atoms with van der Waals surface area (Å²) in [6.45, 7) is 0.846. The summed E-state index contributed by atoms with van der Waals surface area (Å²) in [5.41, 5.74) is 2.25. The van der Waals surface area contributed by atoms with Crippen LogP contribution in [0.5, 0.6) is 0 Å². The molecule has 1 aliphatic heterocycles. The summed E-state index contributed by atoms with van der Waals surface area (Å²) >= 11 is 5.94. The molecule has 0 spiro atoms. The Morgan fingerprint density at radius 1 is 0.889 bits per heavy atom. The number of rotatable bonds is 7. The highest BCUT2D eigenvalue weighted by Gasteiger charge is 2.54. The Morgan fingerprint density at radius 2 is 1.42 bits per heavy atom. The molecule has 190 valence electrons. The molecule has 0 aliphatic carbocycles. The molecular formula is C28H28ClF3N2O2. The fraction of sp³-hybridized carbons (Fsp3) is 0.321. The van der Waals surface area contributed by atoms with Gasteiger partial charge in [-0.25, -0.2) is 0 Å². The number of piperidine rings is 1. The van der Waals surface area contributed by atoms with Crippen molar-refractivity contribution in [1.29, 1.82) is 0 Å². The number of benzene rings is 3. The average molecular weight is 517 g/mol. The molecule has 36 heavy (non-hydrogen) atoms. The van der Waals surface area contributed by atoms with Gasteiger partial charge in [0, 0.05) is 36.8 Å². The molecule has 3 aromatic rings. The molecule has 0 unspecified atom stereocenters. The van der Waals surface area contributed by atoms with E-state index in [1.54, 1.807) is 12.1 Å². The second-order valence-electron chi connectivity index (χ2n) is 9.25. The number of likely N-dealkylation sites (tertiary alicyclic amines) is 1. The lowest BCUT2D eigenvalue weighted by Crippen LogP contribution is -2.53.